The zero-order valence-corrected chi connectivity index (χ0v) is 25.5. The molecule has 0 aliphatic heterocycles. The maximum atomic E-state index is 13.9. The highest BCUT2D eigenvalue weighted by Gasteiger charge is 2.51. The predicted molar refractivity (Wildman–Crippen MR) is 160 cm³/mol. The molecule has 2 amide bonds. The normalized spacial score (nSPS) is 25.4. The van der Waals surface area contributed by atoms with Gasteiger partial charge in [-0.05, 0) is 104 Å². The second-order valence-electron chi connectivity index (χ2n) is 12.4. The monoisotopic (exact) mass is 581 g/mol. The van der Waals surface area contributed by atoms with Crippen LogP contribution in [0.3, 0.4) is 0 Å². The number of hydrogen-bond donors (Lipinski definition) is 1. The zero-order chi connectivity index (χ0) is 29.4. The Morgan fingerprint density at radius 2 is 1.63 bits per heavy atom. The second-order valence-corrected chi connectivity index (χ2v) is 14.3. The van der Waals surface area contributed by atoms with Crippen LogP contribution in [-0.2, 0) is 31.6 Å². The largest absolute Gasteiger partial charge is 0.497 e. The minimum atomic E-state index is -3.78. The Kier molecular flexibility index (Phi) is 8.37. The average molecular weight is 582 g/mol. The first kappa shape index (κ1) is 29.4. The molecule has 1 unspecified atom stereocenters. The zero-order valence-electron chi connectivity index (χ0n) is 24.6. The molecule has 2 aromatic carbocycles. The molecule has 1 atom stereocenters. The van der Waals surface area contributed by atoms with Crippen LogP contribution in [0.2, 0.25) is 0 Å². The van der Waals surface area contributed by atoms with Gasteiger partial charge in [-0.15, -0.1) is 0 Å². The summed E-state index contributed by atoms with van der Waals surface area (Å²) in [5.41, 5.74) is 2.74. The number of sulfonamides is 1. The minimum Gasteiger partial charge on any atom is -0.497 e. The average Bonchev–Trinajstić information content (AvgIpc) is 2.94. The molecule has 0 radical (unpaired) electrons. The highest BCUT2D eigenvalue weighted by molar-refractivity contribution is 7.92. The molecule has 0 saturated heterocycles. The lowest BCUT2D eigenvalue weighted by atomic mass is 9.48. The molecule has 8 nitrogen and oxygen atoms in total. The third-order valence-electron chi connectivity index (χ3n) is 9.60. The molecule has 4 aliphatic carbocycles. The van der Waals surface area contributed by atoms with E-state index in [-0.39, 0.29) is 17.9 Å². The number of nitrogens with one attached hydrogen (secondary N) is 1. The third kappa shape index (κ3) is 6.10. The van der Waals surface area contributed by atoms with E-state index in [2.05, 4.69) is 17.4 Å². The number of ether oxygens (including phenoxy) is 1. The first-order valence-electron chi connectivity index (χ1n) is 14.8. The summed E-state index contributed by atoms with van der Waals surface area (Å²) in [7, 11) is -0.676. The number of methoxy groups -OCH3 is 1. The summed E-state index contributed by atoms with van der Waals surface area (Å²) in [4.78, 5) is 28.1. The highest BCUT2D eigenvalue weighted by atomic mass is 32.2. The lowest BCUT2D eigenvalue weighted by Gasteiger charge is -2.57. The highest BCUT2D eigenvalue weighted by Crippen LogP contribution is 2.60. The molecule has 0 aromatic heterocycles. The Morgan fingerprint density at radius 1 is 1.02 bits per heavy atom. The molecule has 6 rings (SSSR count). The fourth-order valence-corrected chi connectivity index (χ4v) is 8.96. The summed E-state index contributed by atoms with van der Waals surface area (Å²) < 4.78 is 32.6. The molecule has 4 aliphatic rings. The molecule has 0 heterocycles. The van der Waals surface area contributed by atoms with Gasteiger partial charge in [0.1, 0.15) is 18.3 Å². The maximum Gasteiger partial charge on any atom is 0.244 e. The maximum absolute atomic E-state index is 13.9. The van der Waals surface area contributed by atoms with Crippen molar-refractivity contribution in [1.29, 1.82) is 0 Å². The van der Waals surface area contributed by atoms with Gasteiger partial charge < -0.3 is 15.0 Å². The quantitative estimate of drug-likeness (QED) is 0.422. The first-order valence-corrected chi connectivity index (χ1v) is 16.6. The number of carbonyl (C=O) groups is 2. The molecule has 0 spiro atoms. The number of rotatable bonds is 11. The number of benzene rings is 2. The van der Waals surface area contributed by atoms with Crippen LogP contribution in [0, 0.1) is 17.8 Å². The SMILES string of the molecule is CCC(C(=O)NC)N(Cc1cccc(OC)c1)C(=O)CN(c1ccc(C23CC4CC(CC(C4)C2)C3)cc1)S(C)(=O)=O. The Bertz CT molecular complexity index is 1340. The van der Waals surface area contributed by atoms with Crippen LogP contribution >= 0.6 is 0 Å². The first-order chi connectivity index (χ1) is 19.5. The topological polar surface area (TPSA) is 96.0 Å². The molecule has 2 aromatic rings. The Morgan fingerprint density at radius 3 is 2.15 bits per heavy atom. The molecule has 1 N–H and O–H groups in total. The number of hydrogen-bond acceptors (Lipinski definition) is 5. The van der Waals surface area contributed by atoms with Gasteiger partial charge in [-0.25, -0.2) is 8.42 Å². The minimum absolute atomic E-state index is 0.143. The van der Waals surface area contributed by atoms with E-state index >= 15 is 0 Å². The number of amides is 2. The van der Waals surface area contributed by atoms with Crippen LogP contribution in [0.5, 0.6) is 5.75 Å². The Hall–Kier alpha value is -3.07. The summed E-state index contributed by atoms with van der Waals surface area (Å²) in [6, 6.07) is 14.4. The van der Waals surface area contributed by atoms with Gasteiger partial charge in [0.05, 0.1) is 19.1 Å². The summed E-state index contributed by atoms with van der Waals surface area (Å²) in [6.45, 7) is 1.58. The van der Waals surface area contributed by atoms with Gasteiger partial charge in [-0.1, -0.05) is 31.2 Å². The number of carbonyl (C=O) groups excluding carboxylic acids is 2. The van der Waals surface area contributed by atoms with Crippen molar-refractivity contribution in [3.8, 4) is 5.75 Å². The van der Waals surface area contributed by atoms with Crippen LogP contribution in [0.15, 0.2) is 48.5 Å². The van der Waals surface area contributed by atoms with Crippen LogP contribution in [0.25, 0.3) is 0 Å². The van der Waals surface area contributed by atoms with E-state index in [1.165, 1.54) is 56.0 Å². The molecule has 4 saturated carbocycles. The van der Waals surface area contributed by atoms with Crippen LogP contribution < -0.4 is 14.4 Å². The van der Waals surface area contributed by atoms with Crippen molar-refractivity contribution < 1.29 is 22.7 Å². The van der Waals surface area contributed by atoms with Crippen LogP contribution in [0.4, 0.5) is 5.69 Å². The van der Waals surface area contributed by atoms with E-state index in [0.29, 0.717) is 17.9 Å². The molecular formula is C32H43N3O5S. The summed E-state index contributed by atoms with van der Waals surface area (Å²) >= 11 is 0. The van der Waals surface area contributed by atoms with E-state index < -0.39 is 28.5 Å². The Labute approximate surface area is 244 Å². The molecule has 4 bridgehead atoms. The Balaban J connectivity index is 1.40. The van der Waals surface area contributed by atoms with Gasteiger partial charge in [0, 0.05) is 13.6 Å². The molecular weight excluding hydrogens is 538 g/mol. The molecule has 41 heavy (non-hydrogen) atoms. The van der Waals surface area contributed by atoms with E-state index in [4.69, 9.17) is 4.74 Å². The number of nitrogens with zero attached hydrogens (tertiary/aromatic N) is 2. The van der Waals surface area contributed by atoms with Gasteiger partial charge in [0.2, 0.25) is 21.8 Å². The van der Waals surface area contributed by atoms with Crippen molar-refractivity contribution in [3.63, 3.8) is 0 Å². The molecule has 9 heteroatoms. The van der Waals surface area contributed by atoms with Crippen LogP contribution in [0.1, 0.15) is 63.0 Å². The predicted octanol–water partition coefficient (Wildman–Crippen LogP) is 4.48. The summed E-state index contributed by atoms with van der Waals surface area (Å²) in [5.74, 6) is 2.34. The van der Waals surface area contributed by atoms with E-state index in [9.17, 15) is 18.0 Å². The number of anilines is 1. The van der Waals surface area contributed by atoms with Gasteiger partial charge >= 0.3 is 0 Å². The smallest absolute Gasteiger partial charge is 0.244 e. The molecule has 222 valence electrons. The van der Waals surface area contributed by atoms with Gasteiger partial charge in [0.15, 0.2) is 0 Å². The van der Waals surface area contributed by atoms with Crippen molar-refractivity contribution in [2.24, 2.45) is 17.8 Å². The fourth-order valence-electron chi connectivity index (χ4n) is 8.11. The van der Waals surface area contributed by atoms with Crippen molar-refractivity contribution in [1.82, 2.24) is 10.2 Å². The van der Waals surface area contributed by atoms with Gasteiger partial charge in [0.25, 0.3) is 0 Å². The summed E-state index contributed by atoms with van der Waals surface area (Å²) in [5, 5.41) is 2.65. The van der Waals surface area contributed by atoms with E-state index in [0.717, 1.165) is 33.9 Å². The van der Waals surface area contributed by atoms with Crippen molar-refractivity contribution in [2.75, 3.05) is 31.3 Å². The van der Waals surface area contributed by atoms with Gasteiger partial charge in [-0.3, -0.25) is 13.9 Å². The second kappa shape index (κ2) is 11.7. The third-order valence-corrected chi connectivity index (χ3v) is 10.7. The van der Waals surface area contributed by atoms with Crippen molar-refractivity contribution in [3.05, 3.63) is 59.7 Å². The molecule has 4 fully saturated rings. The van der Waals surface area contributed by atoms with Crippen LogP contribution in [-0.4, -0.2) is 58.1 Å². The number of likely N-dealkylation sites (N-methyl/N-ethyl adjacent to an activating group) is 1. The standard InChI is InChI=1S/C32H43N3O5S/c1-5-29(31(37)33-2)34(20-22-7-6-8-28(16-22)40-3)30(36)21-35(41(4,38)39)27-11-9-26(10-12-27)32-17-23-13-24(18-32)15-25(14-23)19-32/h6-12,16,23-25,29H,5,13-15,17-21H2,1-4H3,(H,33,37). The van der Waals surface area contributed by atoms with E-state index in [1.807, 2.05) is 43.3 Å². The van der Waals surface area contributed by atoms with Gasteiger partial charge in [-0.2, -0.15) is 0 Å². The van der Waals surface area contributed by atoms with Crippen molar-refractivity contribution >= 4 is 27.5 Å². The summed E-state index contributed by atoms with van der Waals surface area (Å²) in [6.07, 6.45) is 9.27. The van der Waals surface area contributed by atoms with E-state index in [1.54, 1.807) is 7.11 Å². The fraction of sp³-hybridized carbons (Fsp3) is 0.562. The lowest BCUT2D eigenvalue weighted by molar-refractivity contribution is -0.140. The lowest BCUT2D eigenvalue weighted by Crippen LogP contribution is -2.51. The van der Waals surface area contributed by atoms with Crippen molar-refractivity contribution in [2.45, 2.75) is 69.9 Å².